The normalized spacial score (nSPS) is 25.7. The van der Waals surface area contributed by atoms with Gasteiger partial charge in [0.1, 0.15) is 0 Å². The molecule has 2 unspecified atom stereocenters. The first-order chi connectivity index (χ1) is 10.2. The van der Waals surface area contributed by atoms with Gasteiger partial charge in [-0.1, -0.05) is 56.3 Å². The van der Waals surface area contributed by atoms with Crippen LogP contribution in [0.2, 0.25) is 0 Å². The molecule has 2 atom stereocenters. The summed E-state index contributed by atoms with van der Waals surface area (Å²) in [6.45, 7) is 0. The molecule has 0 bridgehead atoms. The molecule has 2 nitrogen and oxygen atoms in total. The summed E-state index contributed by atoms with van der Waals surface area (Å²) >= 11 is 0. The predicted octanol–water partition coefficient (Wildman–Crippen LogP) is 4.32. The number of fused-ring (bicyclic) bond motifs is 2. The van der Waals surface area contributed by atoms with Gasteiger partial charge in [-0.3, -0.25) is 0 Å². The summed E-state index contributed by atoms with van der Waals surface area (Å²) in [7, 11) is -5.75. The Morgan fingerprint density at radius 3 is 1.57 bits per heavy atom. The summed E-state index contributed by atoms with van der Waals surface area (Å²) in [6, 6.07) is 15.6. The molecule has 0 saturated carbocycles. The fraction of sp³-hybridized carbons (Fsp3) is 0. The number of rotatable bonds is 2. The van der Waals surface area contributed by atoms with E-state index in [2.05, 4.69) is 0 Å². The molecule has 0 spiro atoms. The van der Waals surface area contributed by atoms with Crippen molar-refractivity contribution < 1.29 is 8.42 Å². The SMILES string of the molecule is O=S(=O)([SH]1C=Cc2ccccc21)[SH]1C=Cc2ccccc21. The molecule has 2 aromatic rings. The lowest BCUT2D eigenvalue weighted by Gasteiger charge is -2.23. The summed E-state index contributed by atoms with van der Waals surface area (Å²) in [4.78, 5) is 1.93. The maximum atomic E-state index is 13.1. The molecule has 2 aliphatic heterocycles. The van der Waals surface area contributed by atoms with Crippen LogP contribution in [0.25, 0.3) is 12.2 Å². The fourth-order valence-corrected chi connectivity index (χ4v) is 14.4. The summed E-state index contributed by atoms with van der Waals surface area (Å²) in [6.07, 6.45) is 3.89. The molecule has 2 aromatic carbocycles. The zero-order valence-electron chi connectivity index (χ0n) is 11.0. The van der Waals surface area contributed by atoms with Crippen LogP contribution < -0.4 is 0 Å². The van der Waals surface area contributed by atoms with Crippen molar-refractivity contribution >= 4 is 39.9 Å². The average molecular weight is 334 g/mol. The van der Waals surface area contributed by atoms with Crippen molar-refractivity contribution in [3.05, 3.63) is 70.5 Å². The largest absolute Gasteiger partial charge is 0.229 e. The quantitative estimate of drug-likeness (QED) is 0.633. The zero-order valence-corrected chi connectivity index (χ0v) is 13.7. The van der Waals surface area contributed by atoms with E-state index in [9.17, 15) is 8.42 Å². The first kappa shape index (κ1) is 13.2. The van der Waals surface area contributed by atoms with Gasteiger partial charge in [0.05, 0.1) is 0 Å². The zero-order chi connectivity index (χ0) is 14.4. The molecule has 21 heavy (non-hydrogen) atoms. The van der Waals surface area contributed by atoms with Gasteiger partial charge < -0.3 is 0 Å². The lowest BCUT2D eigenvalue weighted by molar-refractivity contribution is 0.622. The van der Waals surface area contributed by atoms with Crippen LogP contribution in [0.5, 0.6) is 0 Å². The second kappa shape index (κ2) is 4.80. The third-order valence-electron chi connectivity index (χ3n) is 3.62. The molecule has 108 valence electrons. The third-order valence-corrected chi connectivity index (χ3v) is 15.3. The predicted molar refractivity (Wildman–Crippen MR) is 94.4 cm³/mol. The van der Waals surface area contributed by atoms with Crippen molar-refractivity contribution in [1.29, 1.82) is 0 Å². The highest BCUT2D eigenvalue weighted by Crippen LogP contribution is 2.64. The molecule has 2 aliphatic rings. The number of hydrogen-bond donors (Lipinski definition) is 2. The van der Waals surface area contributed by atoms with Gasteiger partial charge in [-0.15, -0.1) is 0 Å². The third kappa shape index (κ3) is 1.99. The molecular weight excluding hydrogens is 320 g/mol. The molecule has 4 rings (SSSR count). The Hall–Kier alpha value is -1.43. The molecule has 5 heteroatoms. The van der Waals surface area contributed by atoms with E-state index in [0.29, 0.717) is 0 Å². The Balaban J connectivity index is 1.81. The minimum atomic E-state index is -3.21. The van der Waals surface area contributed by atoms with Crippen LogP contribution in [0, 0.1) is 0 Å². The van der Waals surface area contributed by atoms with Gasteiger partial charge in [0, 0.05) is 9.79 Å². The van der Waals surface area contributed by atoms with E-state index >= 15 is 0 Å². The Morgan fingerprint density at radius 1 is 0.667 bits per heavy atom. The Labute approximate surface area is 128 Å². The maximum absolute atomic E-state index is 13.1. The van der Waals surface area contributed by atoms with Gasteiger partial charge in [-0.05, 0) is 46.2 Å². The van der Waals surface area contributed by atoms with E-state index in [1.165, 1.54) is 0 Å². The molecule has 0 aromatic heterocycles. The number of hydrogen-bond acceptors (Lipinski definition) is 2. The Kier molecular flexibility index (Phi) is 3.03. The van der Waals surface area contributed by atoms with E-state index in [1.807, 2.05) is 71.5 Å². The average Bonchev–Trinajstić information content (AvgIpc) is 3.12. The summed E-state index contributed by atoms with van der Waals surface area (Å²) < 4.78 is 26.2. The van der Waals surface area contributed by atoms with E-state index < -0.39 is 27.8 Å². The fourth-order valence-electron chi connectivity index (χ4n) is 2.61. The second-order valence-electron chi connectivity index (χ2n) is 4.85. The molecular formula is C16H14O2S3. The van der Waals surface area contributed by atoms with Crippen molar-refractivity contribution in [2.75, 3.05) is 0 Å². The van der Waals surface area contributed by atoms with Crippen LogP contribution in [0.1, 0.15) is 11.1 Å². The van der Waals surface area contributed by atoms with E-state index in [4.69, 9.17) is 0 Å². The molecule has 0 radical (unpaired) electrons. The standard InChI is InChI=1S/C16H14O2S3/c17-21(18,19-11-9-13-5-1-3-7-15(13)19)20-12-10-14-6-2-4-8-16(14)20/h1-12,19-20H. The smallest absolute Gasteiger partial charge is 0.208 e. The van der Waals surface area contributed by atoms with Gasteiger partial charge in [0.2, 0.25) is 7.90 Å². The maximum Gasteiger partial charge on any atom is 0.229 e. The van der Waals surface area contributed by atoms with E-state index in [-0.39, 0.29) is 0 Å². The second-order valence-corrected chi connectivity index (χ2v) is 14.7. The highest BCUT2D eigenvalue weighted by molar-refractivity contribution is 9.14. The van der Waals surface area contributed by atoms with Crippen LogP contribution in [0.4, 0.5) is 0 Å². The summed E-state index contributed by atoms with van der Waals surface area (Å²) in [5, 5.41) is 3.76. The molecule has 0 aliphatic carbocycles. The minimum absolute atomic E-state index is 0.966. The number of thiol groups is 2. The molecule has 0 N–H and O–H groups in total. The van der Waals surface area contributed by atoms with Crippen molar-refractivity contribution in [3.63, 3.8) is 0 Å². The number of benzene rings is 2. The molecule has 0 fully saturated rings. The highest BCUT2D eigenvalue weighted by Gasteiger charge is 2.33. The highest BCUT2D eigenvalue weighted by atomic mass is 33.6. The molecule has 0 saturated heterocycles. The van der Waals surface area contributed by atoms with E-state index in [0.717, 1.165) is 20.9 Å². The lowest BCUT2D eigenvalue weighted by atomic mass is 10.2. The van der Waals surface area contributed by atoms with Crippen molar-refractivity contribution in [2.24, 2.45) is 0 Å². The van der Waals surface area contributed by atoms with Crippen molar-refractivity contribution in [1.82, 2.24) is 0 Å². The van der Waals surface area contributed by atoms with Crippen LogP contribution in [-0.2, 0) is 7.90 Å². The van der Waals surface area contributed by atoms with Crippen LogP contribution in [0.15, 0.2) is 69.1 Å². The van der Waals surface area contributed by atoms with Crippen LogP contribution in [0.3, 0.4) is 0 Å². The Morgan fingerprint density at radius 2 is 1.10 bits per heavy atom. The van der Waals surface area contributed by atoms with Crippen molar-refractivity contribution in [3.8, 4) is 0 Å². The van der Waals surface area contributed by atoms with Gasteiger partial charge in [0.25, 0.3) is 0 Å². The topological polar surface area (TPSA) is 34.1 Å². The molecule has 2 heterocycles. The van der Waals surface area contributed by atoms with Crippen LogP contribution in [-0.4, -0.2) is 8.42 Å². The first-order valence-corrected chi connectivity index (χ1v) is 12.1. The Bertz CT molecular complexity index is 814. The van der Waals surface area contributed by atoms with Gasteiger partial charge in [-0.2, -0.15) is 0 Å². The minimum Gasteiger partial charge on any atom is -0.208 e. The van der Waals surface area contributed by atoms with Gasteiger partial charge in [0.15, 0.2) is 0 Å². The molecule has 0 amide bonds. The van der Waals surface area contributed by atoms with E-state index in [1.54, 1.807) is 0 Å². The lowest BCUT2D eigenvalue weighted by Crippen LogP contribution is -1.99. The first-order valence-electron chi connectivity index (χ1n) is 6.56. The van der Waals surface area contributed by atoms with Crippen molar-refractivity contribution in [2.45, 2.75) is 9.79 Å². The van der Waals surface area contributed by atoms with Gasteiger partial charge in [-0.25, -0.2) is 8.42 Å². The monoisotopic (exact) mass is 334 g/mol. The van der Waals surface area contributed by atoms with Crippen LogP contribution >= 0.6 is 19.9 Å². The summed E-state index contributed by atoms with van der Waals surface area (Å²) in [5.74, 6) is 0. The summed E-state index contributed by atoms with van der Waals surface area (Å²) in [5.41, 5.74) is 2.08. The van der Waals surface area contributed by atoms with Gasteiger partial charge >= 0.3 is 0 Å².